The quantitative estimate of drug-likeness (QED) is 0.693. The van der Waals surface area contributed by atoms with Crippen LogP contribution >= 0.6 is 11.3 Å². The fourth-order valence-corrected chi connectivity index (χ4v) is 3.65. The van der Waals surface area contributed by atoms with Crippen molar-refractivity contribution in [2.24, 2.45) is 0 Å². The number of carbonyl (C=O) groups excluding carboxylic acids is 1. The van der Waals surface area contributed by atoms with Crippen LogP contribution < -0.4 is 10.1 Å². The molecule has 1 atom stereocenters. The number of nitrogens with zero attached hydrogens (tertiary/aromatic N) is 2. The first-order valence-corrected chi connectivity index (χ1v) is 9.34. The van der Waals surface area contributed by atoms with E-state index in [9.17, 15) is 4.79 Å². The van der Waals surface area contributed by atoms with Gasteiger partial charge in [-0.25, -0.2) is 4.98 Å². The molecular formula is C20H23N3O2S. The number of hydrogen-bond acceptors (Lipinski definition) is 5. The Bertz CT molecular complexity index is 843. The lowest BCUT2D eigenvalue weighted by Gasteiger charge is -2.22. The van der Waals surface area contributed by atoms with Gasteiger partial charge in [-0.1, -0.05) is 24.3 Å². The highest BCUT2D eigenvalue weighted by atomic mass is 32.1. The second kappa shape index (κ2) is 8.29. The summed E-state index contributed by atoms with van der Waals surface area (Å²) in [5.74, 6) is 0.813. The van der Waals surface area contributed by atoms with E-state index in [-0.39, 0.29) is 11.9 Å². The van der Waals surface area contributed by atoms with Crippen LogP contribution in [0.25, 0.3) is 10.2 Å². The minimum atomic E-state index is -0.236. The number of hydrogen-bond donors (Lipinski definition) is 1. The number of benzene rings is 2. The molecule has 1 amide bonds. The van der Waals surface area contributed by atoms with Gasteiger partial charge in [0.2, 0.25) is 5.91 Å². The largest absolute Gasteiger partial charge is 0.497 e. The maximum atomic E-state index is 12.4. The zero-order chi connectivity index (χ0) is 18.5. The number of likely N-dealkylation sites (N-methyl/N-ethyl adjacent to an activating group) is 1. The van der Waals surface area contributed by atoms with Crippen LogP contribution in [0.1, 0.15) is 17.5 Å². The van der Waals surface area contributed by atoms with Crippen molar-refractivity contribution in [3.63, 3.8) is 0 Å². The monoisotopic (exact) mass is 369 g/mol. The van der Waals surface area contributed by atoms with Gasteiger partial charge < -0.3 is 10.1 Å². The van der Waals surface area contributed by atoms with E-state index in [4.69, 9.17) is 4.74 Å². The number of methoxy groups -OCH3 is 1. The Morgan fingerprint density at radius 2 is 1.96 bits per heavy atom. The summed E-state index contributed by atoms with van der Waals surface area (Å²) in [4.78, 5) is 19.1. The van der Waals surface area contributed by atoms with Crippen molar-refractivity contribution >= 4 is 27.5 Å². The highest BCUT2D eigenvalue weighted by Crippen LogP contribution is 2.22. The van der Waals surface area contributed by atoms with Gasteiger partial charge in [0, 0.05) is 6.54 Å². The highest BCUT2D eigenvalue weighted by Gasteiger charge is 2.19. The van der Waals surface area contributed by atoms with Gasteiger partial charge in [0.05, 0.1) is 29.9 Å². The van der Waals surface area contributed by atoms with Gasteiger partial charge in [0.25, 0.3) is 0 Å². The molecule has 26 heavy (non-hydrogen) atoms. The number of aromatic nitrogens is 1. The lowest BCUT2D eigenvalue weighted by atomic mass is 10.2. The average molecular weight is 369 g/mol. The number of rotatable bonds is 7. The van der Waals surface area contributed by atoms with Crippen molar-refractivity contribution in [1.82, 2.24) is 15.2 Å². The maximum absolute atomic E-state index is 12.4. The number of fused-ring (bicyclic) bond motifs is 1. The van der Waals surface area contributed by atoms with Crippen molar-refractivity contribution in [1.29, 1.82) is 0 Å². The molecule has 0 radical (unpaired) electrons. The van der Waals surface area contributed by atoms with E-state index in [1.807, 2.05) is 61.3 Å². The van der Waals surface area contributed by atoms with Crippen LogP contribution in [-0.2, 0) is 17.9 Å². The molecule has 1 N–H and O–H groups in total. The summed E-state index contributed by atoms with van der Waals surface area (Å²) in [6.45, 7) is 3.06. The molecule has 136 valence electrons. The van der Waals surface area contributed by atoms with E-state index < -0.39 is 0 Å². The molecule has 3 aromatic rings. The van der Waals surface area contributed by atoms with Gasteiger partial charge in [0.1, 0.15) is 10.8 Å². The standard InChI is InChI=1S/C20H23N3O2S/c1-14(20(24)21-12-15-8-10-16(25-3)11-9-15)23(2)13-19-22-17-6-4-5-7-18(17)26-19/h4-11,14H,12-13H2,1-3H3,(H,21,24). The summed E-state index contributed by atoms with van der Waals surface area (Å²) >= 11 is 1.67. The van der Waals surface area contributed by atoms with Gasteiger partial charge in [-0.15, -0.1) is 11.3 Å². The zero-order valence-corrected chi connectivity index (χ0v) is 16.0. The molecule has 3 rings (SSSR count). The van der Waals surface area contributed by atoms with E-state index >= 15 is 0 Å². The van der Waals surface area contributed by atoms with Crippen LogP contribution in [0.3, 0.4) is 0 Å². The molecule has 0 bridgehead atoms. The number of para-hydroxylation sites is 1. The molecule has 1 unspecified atom stereocenters. The average Bonchev–Trinajstić information content (AvgIpc) is 3.08. The van der Waals surface area contributed by atoms with Crippen molar-refractivity contribution < 1.29 is 9.53 Å². The van der Waals surface area contributed by atoms with Crippen molar-refractivity contribution in [3.05, 3.63) is 59.1 Å². The lowest BCUT2D eigenvalue weighted by Crippen LogP contribution is -2.42. The van der Waals surface area contributed by atoms with Gasteiger partial charge in [-0.2, -0.15) is 0 Å². The molecule has 0 saturated heterocycles. The molecule has 0 fully saturated rings. The van der Waals surface area contributed by atoms with E-state index in [1.165, 1.54) is 4.70 Å². The van der Waals surface area contributed by atoms with Crippen LogP contribution in [-0.4, -0.2) is 36.0 Å². The number of carbonyl (C=O) groups is 1. The van der Waals surface area contributed by atoms with Crippen LogP contribution in [0.15, 0.2) is 48.5 Å². The summed E-state index contributed by atoms with van der Waals surface area (Å²) in [6.07, 6.45) is 0. The lowest BCUT2D eigenvalue weighted by molar-refractivity contribution is -0.125. The van der Waals surface area contributed by atoms with E-state index in [0.717, 1.165) is 21.8 Å². The molecule has 2 aromatic carbocycles. The van der Waals surface area contributed by atoms with Crippen LogP contribution in [0.4, 0.5) is 0 Å². The van der Waals surface area contributed by atoms with Crippen LogP contribution in [0.5, 0.6) is 5.75 Å². The first-order valence-electron chi connectivity index (χ1n) is 8.52. The first-order chi connectivity index (χ1) is 12.6. The molecular weight excluding hydrogens is 346 g/mol. The number of thiazole rings is 1. The molecule has 0 aliphatic carbocycles. The normalized spacial score (nSPS) is 12.3. The van der Waals surface area contributed by atoms with E-state index in [0.29, 0.717) is 13.1 Å². The summed E-state index contributed by atoms with van der Waals surface area (Å²) in [6, 6.07) is 15.5. The summed E-state index contributed by atoms with van der Waals surface area (Å²) in [7, 11) is 3.59. The Morgan fingerprint density at radius 1 is 1.23 bits per heavy atom. The smallest absolute Gasteiger partial charge is 0.237 e. The molecule has 6 heteroatoms. The highest BCUT2D eigenvalue weighted by molar-refractivity contribution is 7.18. The third-order valence-corrected chi connectivity index (χ3v) is 5.41. The maximum Gasteiger partial charge on any atom is 0.237 e. The molecule has 0 spiro atoms. The topological polar surface area (TPSA) is 54.5 Å². The van der Waals surface area contributed by atoms with Crippen molar-refractivity contribution in [3.8, 4) is 5.75 Å². The van der Waals surface area contributed by atoms with Gasteiger partial charge in [0.15, 0.2) is 0 Å². The number of ether oxygens (including phenoxy) is 1. The van der Waals surface area contributed by atoms with E-state index in [2.05, 4.69) is 16.4 Å². The second-order valence-electron chi connectivity index (χ2n) is 6.23. The third-order valence-electron chi connectivity index (χ3n) is 4.39. The molecule has 5 nitrogen and oxygen atoms in total. The Hall–Kier alpha value is -2.44. The summed E-state index contributed by atoms with van der Waals surface area (Å²) in [5.41, 5.74) is 2.05. The van der Waals surface area contributed by atoms with Crippen LogP contribution in [0, 0.1) is 0 Å². The van der Waals surface area contributed by atoms with Crippen molar-refractivity contribution in [2.75, 3.05) is 14.2 Å². The molecule has 1 heterocycles. The minimum absolute atomic E-state index is 0.00410. The Kier molecular flexibility index (Phi) is 5.85. The SMILES string of the molecule is COc1ccc(CNC(=O)C(C)N(C)Cc2nc3ccccc3s2)cc1. The van der Waals surface area contributed by atoms with Crippen LogP contribution in [0.2, 0.25) is 0 Å². The minimum Gasteiger partial charge on any atom is -0.497 e. The molecule has 1 aromatic heterocycles. The Labute approximate surface area is 157 Å². The summed E-state index contributed by atoms with van der Waals surface area (Å²) in [5, 5.41) is 4.01. The molecule has 0 aliphatic rings. The fourth-order valence-electron chi connectivity index (χ4n) is 2.62. The van der Waals surface area contributed by atoms with Gasteiger partial charge in [-0.3, -0.25) is 9.69 Å². The second-order valence-corrected chi connectivity index (χ2v) is 7.35. The number of amides is 1. The Balaban J connectivity index is 1.54. The van der Waals surface area contributed by atoms with Gasteiger partial charge in [-0.05, 0) is 43.8 Å². The third kappa shape index (κ3) is 4.39. The Morgan fingerprint density at radius 3 is 2.65 bits per heavy atom. The predicted molar refractivity (Wildman–Crippen MR) is 105 cm³/mol. The molecule has 0 aliphatic heterocycles. The fraction of sp³-hybridized carbons (Fsp3) is 0.300. The first kappa shape index (κ1) is 18.4. The number of nitrogens with one attached hydrogen (secondary N) is 1. The predicted octanol–water partition coefficient (Wildman–Crippen LogP) is 3.44. The molecule has 0 saturated carbocycles. The van der Waals surface area contributed by atoms with E-state index in [1.54, 1.807) is 18.4 Å². The van der Waals surface area contributed by atoms with Gasteiger partial charge >= 0.3 is 0 Å². The summed E-state index contributed by atoms with van der Waals surface area (Å²) < 4.78 is 6.32. The van der Waals surface area contributed by atoms with Crippen molar-refractivity contribution in [2.45, 2.75) is 26.1 Å². The zero-order valence-electron chi connectivity index (χ0n) is 15.2.